The molecule has 0 saturated carbocycles. The van der Waals surface area contributed by atoms with Gasteiger partial charge in [0.1, 0.15) is 0 Å². The van der Waals surface area contributed by atoms with Gasteiger partial charge < -0.3 is 0 Å². The zero-order valence-corrected chi connectivity index (χ0v) is 14.0. The topological polar surface area (TPSA) is 34.1 Å². The molecular weight excluding hydrogens is 336 g/mol. The number of Topliss-reactive ketones (excluding diaryl/α,β-unsaturated/α-hetero) is 2. The molecule has 0 aliphatic heterocycles. The van der Waals surface area contributed by atoms with E-state index in [1.165, 1.54) is 9.40 Å². The van der Waals surface area contributed by atoms with E-state index in [-0.39, 0.29) is 11.6 Å². The summed E-state index contributed by atoms with van der Waals surface area (Å²) in [5, 5.41) is 6.43. The zero-order valence-electron chi connectivity index (χ0n) is 12.4. The molecule has 0 fully saturated rings. The van der Waals surface area contributed by atoms with Gasteiger partial charge in [0.05, 0.1) is 11.8 Å². The Morgan fingerprint density at radius 1 is 0.625 bits per heavy atom. The van der Waals surface area contributed by atoms with Crippen molar-refractivity contribution in [2.75, 3.05) is 0 Å². The fraction of sp³-hybridized carbons (Fsp3) is 0.100. The molecule has 0 spiro atoms. The minimum Gasteiger partial charge on any atom is -0.290 e. The Labute approximate surface area is 145 Å². The summed E-state index contributed by atoms with van der Waals surface area (Å²) in [5.41, 5.74) is 4.11. The van der Waals surface area contributed by atoms with E-state index in [1.807, 2.05) is 0 Å². The van der Waals surface area contributed by atoms with Crippen molar-refractivity contribution in [1.82, 2.24) is 0 Å². The van der Waals surface area contributed by atoms with Crippen LogP contribution >= 0.6 is 22.7 Å². The van der Waals surface area contributed by atoms with Gasteiger partial charge in [0, 0.05) is 9.40 Å². The Hall–Kier alpha value is -2.30. The molecule has 114 valence electrons. The van der Waals surface area contributed by atoms with Gasteiger partial charge in [-0.25, -0.2) is 0 Å². The normalized spacial score (nSPS) is 21.5. The first-order chi connectivity index (χ1) is 11.7. The quantitative estimate of drug-likeness (QED) is 0.427. The van der Waals surface area contributed by atoms with Crippen LogP contribution in [0.1, 0.15) is 34.1 Å². The SMILES string of the molecule is O=C1C(=O)C2c3cc4sccc4cc3C1c1cc3ccsc3cc12. The zero-order chi connectivity index (χ0) is 16.0. The Balaban J connectivity index is 1.76. The van der Waals surface area contributed by atoms with Gasteiger partial charge in [-0.1, -0.05) is 0 Å². The van der Waals surface area contributed by atoms with Crippen LogP contribution in [0.15, 0.2) is 47.2 Å². The average molecular weight is 346 g/mol. The first-order valence-corrected chi connectivity index (χ1v) is 9.58. The van der Waals surface area contributed by atoms with E-state index in [1.54, 1.807) is 22.7 Å². The fourth-order valence-electron chi connectivity index (χ4n) is 4.27. The highest BCUT2D eigenvalue weighted by atomic mass is 32.1. The first-order valence-electron chi connectivity index (χ1n) is 7.82. The molecule has 0 atom stereocenters. The predicted octanol–water partition coefficient (Wildman–Crippen LogP) is 4.85. The van der Waals surface area contributed by atoms with Gasteiger partial charge in [0.25, 0.3) is 0 Å². The van der Waals surface area contributed by atoms with Crippen LogP contribution in [-0.2, 0) is 9.59 Å². The summed E-state index contributed by atoms with van der Waals surface area (Å²) in [6.07, 6.45) is 0. The second-order valence-corrected chi connectivity index (χ2v) is 8.37. The van der Waals surface area contributed by atoms with Crippen molar-refractivity contribution in [3.05, 3.63) is 69.4 Å². The molecule has 0 N–H and O–H groups in total. The average Bonchev–Trinajstić information content (AvgIpc) is 3.21. The Morgan fingerprint density at radius 2 is 1.04 bits per heavy atom. The number of hydrogen-bond acceptors (Lipinski definition) is 4. The minimum absolute atomic E-state index is 0.244. The molecule has 2 aromatic carbocycles. The number of hydrogen-bond donors (Lipinski definition) is 0. The van der Waals surface area contributed by atoms with Crippen molar-refractivity contribution in [3.8, 4) is 0 Å². The smallest absolute Gasteiger partial charge is 0.211 e. The molecule has 4 heteroatoms. The van der Waals surface area contributed by atoms with Gasteiger partial charge in [-0.3, -0.25) is 9.59 Å². The number of carbonyl (C=O) groups excluding carboxylic acids is 2. The number of benzene rings is 2. The van der Waals surface area contributed by atoms with Crippen LogP contribution in [0.2, 0.25) is 0 Å². The van der Waals surface area contributed by atoms with Crippen molar-refractivity contribution in [2.45, 2.75) is 11.8 Å². The van der Waals surface area contributed by atoms with Crippen LogP contribution in [0.4, 0.5) is 0 Å². The van der Waals surface area contributed by atoms with E-state index in [9.17, 15) is 9.59 Å². The van der Waals surface area contributed by atoms with Crippen LogP contribution in [-0.4, -0.2) is 11.6 Å². The van der Waals surface area contributed by atoms with Gasteiger partial charge in [0.2, 0.25) is 11.6 Å². The number of ketones is 2. The molecule has 0 amide bonds. The number of fused-ring (bicyclic) bond motifs is 3. The Kier molecular flexibility index (Phi) is 2.29. The van der Waals surface area contributed by atoms with Crippen molar-refractivity contribution in [2.24, 2.45) is 0 Å². The molecule has 0 unspecified atom stereocenters. The molecule has 2 aromatic heterocycles. The lowest BCUT2D eigenvalue weighted by atomic mass is 9.62. The summed E-state index contributed by atoms with van der Waals surface area (Å²) in [7, 11) is 0. The summed E-state index contributed by atoms with van der Waals surface area (Å²) in [6, 6.07) is 12.6. The van der Waals surface area contributed by atoms with Gasteiger partial charge in [-0.15, -0.1) is 22.7 Å². The third-order valence-corrected chi connectivity index (χ3v) is 7.09. The van der Waals surface area contributed by atoms with Crippen molar-refractivity contribution >= 4 is 54.4 Å². The first kappa shape index (κ1) is 13.0. The van der Waals surface area contributed by atoms with E-state index in [0.717, 1.165) is 33.0 Å². The van der Waals surface area contributed by atoms with E-state index in [0.29, 0.717) is 0 Å². The number of carbonyl (C=O) groups is 2. The van der Waals surface area contributed by atoms with Crippen LogP contribution < -0.4 is 0 Å². The maximum Gasteiger partial charge on any atom is 0.211 e. The maximum atomic E-state index is 12.7. The lowest BCUT2D eigenvalue weighted by Gasteiger charge is -2.38. The van der Waals surface area contributed by atoms with E-state index < -0.39 is 11.8 Å². The van der Waals surface area contributed by atoms with Crippen molar-refractivity contribution in [3.63, 3.8) is 0 Å². The second-order valence-electron chi connectivity index (χ2n) is 6.47. The standard InChI is InChI=1S/C20H10O2S2/c21-19-17-11-5-9-1-3-23-15(9)7-13(11)18(20(19)22)14-8-16-10(2-4-24-16)6-12(14)17/h1-8,17-18H. The third kappa shape index (κ3) is 1.42. The Morgan fingerprint density at radius 3 is 1.50 bits per heavy atom. The van der Waals surface area contributed by atoms with Crippen LogP contribution in [0.3, 0.4) is 0 Å². The number of rotatable bonds is 0. The van der Waals surface area contributed by atoms with Crippen molar-refractivity contribution in [1.29, 1.82) is 0 Å². The summed E-state index contributed by atoms with van der Waals surface area (Å²) in [5.74, 6) is -1.34. The van der Waals surface area contributed by atoms with Gasteiger partial charge in [0.15, 0.2) is 0 Å². The summed E-state index contributed by atoms with van der Waals surface area (Å²) < 4.78 is 2.36. The molecule has 7 rings (SSSR count). The maximum absolute atomic E-state index is 12.7. The largest absolute Gasteiger partial charge is 0.290 e. The molecule has 3 aliphatic rings. The molecular formula is C20H10O2S2. The fourth-order valence-corrected chi connectivity index (χ4v) is 5.91. The van der Waals surface area contributed by atoms with Gasteiger partial charge in [-0.2, -0.15) is 0 Å². The number of thiophene rings is 2. The van der Waals surface area contributed by atoms with Crippen LogP contribution in [0.5, 0.6) is 0 Å². The predicted molar refractivity (Wildman–Crippen MR) is 97.4 cm³/mol. The van der Waals surface area contributed by atoms with Crippen molar-refractivity contribution < 1.29 is 9.59 Å². The summed E-state index contributed by atoms with van der Waals surface area (Å²) in [4.78, 5) is 25.4. The van der Waals surface area contributed by atoms with Gasteiger partial charge >= 0.3 is 0 Å². The molecule has 2 heterocycles. The third-order valence-electron chi connectivity index (χ3n) is 5.33. The minimum atomic E-state index is -0.430. The monoisotopic (exact) mass is 346 g/mol. The Bertz CT molecular complexity index is 1040. The van der Waals surface area contributed by atoms with E-state index in [2.05, 4.69) is 47.2 Å². The van der Waals surface area contributed by atoms with Crippen LogP contribution in [0, 0.1) is 0 Å². The van der Waals surface area contributed by atoms with E-state index >= 15 is 0 Å². The van der Waals surface area contributed by atoms with E-state index in [4.69, 9.17) is 0 Å². The molecule has 0 radical (unpaired) electrons. The summed E-state index contributed by atoms with van der Waals surface area (Å²) in [6.45, 7) is 0. The van der Waals surface area contributed by atoms with Crippen LogP contribution in [0.25, 0.3) is 20.2 Å². The lowest BCUT2D eigenvalue weighted by molar-refractivity contribution is -0.138. The molecule has 4 aromatic rings. The molecule has 2 bridgehead atoms. The molecule has 0 saturated heterocycles. The molecule has 3 aliphatic carbocycles. The highest BCUT2D eigenvalue weighted by Crippen LogP contribution is 2.51. The second kappa shape index (κ2) is 4.21. The van der Waals surface area contributed by atoms with Gasteiger partial charge in [-0.05, 0) is 80.2 Å². The summed E-state index contributed by atoms with van der Waals surface area (Å²) >= 11 is 3.36. The highest BCUT2D eigenvalue weighted by molar-refractivity contribution is 7.17. The highest BCUT2D eigenvalue weighted by Gasteiger charge is 2.49. The lowest BCUT2D eigenvalue weighted by Crippen LogP contribution is -2.40. The molecule has 2 nitrogen and oxygen atoms in total. The molecule has 24 heavy (non-hydrogen) atoms.